The topological polar surface area (TPSA) is 85.3 Å². The number of rotatable bonds is 3. The minimum Gasteiger partial charge on any atom is -0.422 e. The molecule has 1 aromatic carbocycles. The van der Waals surface area contributed by atoms with Crippen molar-refractivity contribution < 1.29 is 9.21 Å². The Morgan fingerprint density at radius 2 is 2.17 bits per heavy atom. The summed E-state index contributed by atoms with van der Waals surface area (Å²) in [6.07, 6.45) is 0. The quantitative estimate of drug-likeness (QED) is 0.787. The molecule has 2 aromatic rings. The van der Waals surface area contributed by atoms with Gasteiger partial charge in [-0.2, -0.15) is 0 Å². The van der Waals surface area contributed by atoms with E-state index in [1.165, 1.54) is 6.07 Å². The Morgan fingerprint density at radius 3 is 2.89 bits per heavy atom. The minimum absolute atomic E-state index is 0.00556. The van der Waals surface area contributed by atoms with Gasteiger partial charge in [0, 0.05) is 18.0 Å². The van der Waals surface area contributed by atoms with Crippen molar-refractivity contribution in [1.29, 1.82) is 0 Å². The van der Waals surface area contributed by atoms with E-state index in [0.717, 1.165) is 0 Å². The van der Waals surface area contributed by atoms with E-state index in [4.69, 9.17) is 10.2 Å². The second-order valence-electron chi connectivity index (χ2n) is 4.10. The Kier molecular flexibility index (Phi) is 3.43. The van der Waals surface area contributed by atoms with Crippen molar-refractivity contribution in [3.8, 4) is 0 Å². The van der Waals surface area contributed by atoms with Crippen LogP contribution in [0.25, 0.3) is 11.0 Å². The van der Waals surface area contributed by atoms with Gasteiger partial charge in [0.05, 0.1) is 0 Å². The average molecular weight is 246 g/mol. The van der Waals surface area contributed by atoms with Crippen molar-refractivity contribution >= 4 is 16.9 Å². The maximum atomic E-state index is 11.9. The highest BCUT2D eigenvalue weighted by atomic mass is 16.4. The van der Waals surface area contributed by atoms with Crippen LogP contribution < -0.4 is 16.7 Å². The molecule has 1 amide bonds. The fourth-order valence-corrected chi connectivity index (χ4v) is 1.58. The van der Waals surface area contributed by atoms with Crippen molar-refractivity contribution in [2.75, 3.05) is 6.54 Å². The van der Waals surface area contributed by atoms with Gasteiger partial charge in [0.1, 0.15) is 11.1 Å². The lowest BCUT2D eigenvalue weighted by Gasteiger charge is -2.10. The van der Waals surface area contributed by atoms with Crippen LogP contribution in [0.5, 0.6) is 0 Å². The predicted octanol–water partition coefficient (Wildman–Crippen LogP) is 0.870. The number of benzene rings is 1. The maximum Gasteiger partial charge on any atom is 0.349 e. The third-order valence-electron chi connectivity index (χ3n) is 2.62. The third kappa shape index (κ3) is 2.41. The maximum absolute atomic E-state index is 11.9. The number of para-hydroxylation sites is 1. The number of fused-ring (bicyclic) bond motifs is 1. The highest BCUT2D eigenvalue weighted by Crippen LogP contribution is 2.12. The number of amides is 1. The highest BCUT2D eigenvalue weighted by Gasteiger charge is 2.14. The first-order valence-corrected chi connectivity index (χ1v) is 5.65. The number of nitrogens with one attached hydrogen (secondary N) is 1. The van der Waals surface area contributed by atoms with E-state index in [1.807, 2.05) is 6.07 Å². The number of hydrogen-bond acceptors (Lipinski definition) is 4. The normalized spacial score (nSPS) is 12.3. The smallest absolute Gasteiger partial charge is 0.349 e. The van der Waals surface area contributed by atoms with E-state index in [0.29, 0.717) is 17.5 Å². The molecule has 0 spiro atoms. The molecule has 0 radical (unpaired) electrons. The van der Waals surface area contributed by atoms with Crippen LogP contribution in [0.3, 0.4) is 0 Å². The van der Waals surface area contributed by atoms with Gasteiger partial charge in [-0.25, -0.2) is 4.79 Å². The van der Waals surface area contributed by atoms with E-state index in [1.54, 1.807) is 25.1 Å². The molecule has 0 bridgehead atoms. The zero-order valence-corrected chi connectivity index (χ0v) is 9.97. The van der Waals surface area contributed by atoms with Crippen LogP contribution in [0.1, 0.15) is 17.3 Å². The van der Waals surface area contributed by atoms with Gasteiger partial charge in [0.2, 0.25) is 0 Å². The molecular weight excluding hydrogens is 232 g/mol. The van der Waals surface area contributed by atoms with Crippen molar-refractivity contribution in [1.82, 2.24) is 5.32 Å². The number of nitrogens with two attached hydrogens (primary N) is 1. The molecule has 0 saturated heterocycles. The fourth-order valence-electron chi connectivity index (χ4n) is 1.58. The predicted molar refractivity (Wildman–Crippen MR) is 68.5 cm³/mol. The second-order valence-corrected chi connectivity index (χ2v) is 4.10. The van der Waals surface area contributed by atoms with E-state index < -0.39 is 11.5 Å². The Hall–Kier alpha value is -2.14. The van der Waals surface area contributed by atoms with E-state index in [9.17, 15) is 9.59 Å². The molecule has 3 N–H and O–H groups in total. The van der Waals surface area contributed by atoms with Crippen molar-refractivity contribution in [2.45, 2.75) is 13.0 Å². The summed E-state index contributed by atoms with van der Waals surface area (Å²) in [5, 5.41) is 3.34. The lowest BCUT2D eigenvalue weighted by molar-refractivity contribution is 0.0938. The van der Waals surface area contributed by atoms with Gasteiger partial charge in [-0.1, -0.05) is 18.2 Å². The van der Waals surface area contributed by atoms with E-state index in [2.05, 4.69) is 5.32 Å². The SMILES string of the molecule is C[C@H](CN)NC(=O)c1cc2ccccc2oc1=O. The Balaban J connectivity index is 2.42. The van der Waals surface area contributed by atoms with Gasteiger partial charge in [0.15, 0.2) is 0 Å². The Bertz CT molecular complexity index is 633. The molecule has 5 nitrogen and oxygen atoms in total. The van der Waals surface area contributed by atoms with Crippen LogP contribution >= 0.6 is 0 Å². The van der Waals surface area contributed by atoms with Gasteiger partial charge < -0.3 is 15.5 Å². The molecule has 1 aromatic heterocycles. The average Bonchev–Trinajstić information content (AvgIpc) is 2.37. The largest absolute Gasteiger partial charge is 0.422 e. The molecule has 0 unspecified atom stereocenters. The third-order valence-corrected chi connectivity index (χ3v) is 2.62. The Labute approximate surface area is 104 Å². The lowest BCUT2D eigenvalue weighted by Crippen LogP contribution is -2.39. The van der Waals surface area contributed by atoms with Crippen LogP contribution in [-0.4, -0.2) is 18.5 Å². The zero-order chi connectivity index (χ0) is 13.1. The van der Waals surface area contributed by atoms with Gasteiger partial charge in [0.25, 0.3) is 5.91 Å². The van der Waals surface area contributed by atoms with Crippen LogP contribution in [-0.2, 0) is 0 Å². The first kappa shape index (κ1) is 12.3. The summed E-state index contributed by atoms with van der Waals surface area (Å²) in [4.78, 5) is 23.5. The molecule has 18 heavy (non-hydrogen) atoms. The van der Waals surface area contributed by atoms with Crippen LogP contribution in [0.2, 0.25) is 0 Å². The number of carbonyl (C=O) groups is 1. The van der Waals surface area contributed by atoms with Gasteiger partial charge in [-0.3, -0.25) is 4.79 Å². The molecule has 2 rings (SSSR count). The van der Waals surface area contributed by atoms with Crippen LogP contribution in [0.15, 0.2) is 39.5 Å². The molecule has 0 fully saturated rings. The molecule has 0 saturated carbocycles. The molecule has 94 valence electrons. The van der Waals surface area contributed by atoms with Gasteiger partial charge in [-0.15, -0.1) is 0 Å². The summed E-state index contributed by atoms with van der Waals surface area (Å²) in [5.41, 5.74) is 5.23. The molecular formula is C13H14N2O3. The highest BCUT2D eigenvalue weighted by molar-refractivity contribution is 5.96. The standard InChI is InChI=1S/C13H14N2O3/c1-8(7-14)15-12(16)10-6-9-4-2-3-5-11(9)18-13(10)17/h2-6,8H,7,14H2,1H3,(H,15,16)/t8-/m1/s1. The van der Waals surface area contributed by atoms with Gasteiger partial charge >= 0.3 is 5.63 Å². The first-order valence-electron chi connectivity index (χ1n) is 5.65. The first-order chi connectivity index (χ1) is 8.61. The van der Waals surface area contributed by atoms with E-state index in [-0.39, 0.29) is 11.6 Å². The number of carbonyl (C=O) groups excluding carboxylic acids is 1. The van der Waals surface area contributed by atoms with Crippen molar-refractivity contribution in [3.63, 3.8) is 0 Å². The molecule has 0 aliphatic rings. The summed E-state index contributed by atoms with van der Waals surface area (Å²) in [7, 11) is 0. The summed E-state index contributed by atoms with van der Waals surface area (Å²) in [6, 6.07) is 8.37. The molecule has 5 heteroatoms. The second kappa shape index (κ2) is 5.01. The van der Waals surface area contributed by atoms with Crippen molar-refractivity contribution in [2.24, 2.45) is 5.73 Å². The Morgan fingerprint density at radius 1 is 1.44 bits per heavy atom. The summed E-state index contributed by atoms with van der Waals surface area (Å²) < 4.78 is 5.08. The zero-order valence-electron chi connectivity index (χ0n) is 9.97. The summed E-state index contributed by atoms with van der Waals surface area (Å²) in [6.45, 7) is 2.07. The number of hydrogen-bond donors (Lipinski definition) is 2. The van der Waals surface area contributed by atoms with Crippen LogP contribution in [0.4, 0.5) is 0 Å². The fraction of sp³-hybridized carbons (Fsp3) is 0.231. The summed E-state index contributed by atoms with van der Waals surface area (Å²) >= 11 is 0. The molecule has 0 aliphatic heterocycles. The summed E-state index contributed by atoms with van der Waals surface area (Å²) in [5.74, 6) is -0.465. The lowest BCUT2D eigenvalue weighted by atomic mass is 10.1. The molecule has 1 atom stereocenters. The molecule has 0 aliphatic carbocycles. The van der Waals surface area contributed by atoms with Crippen LogP contribution in [0, 0.1) is 0 Å². The minimum atomic E-state index is -0.643. The van der Waals surface area contributed by atoms with Crippen molar-refractivity contribution in [3.05, 3.63) is 46.3 Å². The van der Waals surface area contributed by atoms with Gasteiger partial charge in [-0.05, 0) is 19.1 Å². The molecule has 1 heterocycles. The monoisotopic (exact) mass is 246 g/mol. The van der Waals surface area contributed by atoms with E-state index >= 15 is 0 Å².